The summed E-state index contributed by atoms with van der Waals surface area (Å²) >= 11 is 12.8. The summed E-state index contributed by atoms with van der Waals surface area (Å²) in [6.07, 6.45) is 0. The lowest BCUT2D eigenvalue weighted by Crippen LogP contribution is -2.43. The Labute approximate surface area is 123 Å². The number of carboxylic acids is 1. The van der Waals surface area contributed by atoms with E-state index in [1.807, 2.05) is 0 Å². The Hall–Kier alpha value is -0.980. The van der Waals surface area contributed by atoms with Crippen molar-refractivity contribution in [2.24, 2.45) is 0 Å². The van der Waals surface area contributed by atoms with Crippen LogP contribution < -0.4 is 5.32 Å². The second-order valence-electron chi connectivity index (χ2n) is 3.48. The number of halogens is 3. The maximum atomic E-state index is 12.3. The Bertz CT molecular complexity index is 487. The molecule has 0 spiro atoms. The molecule has 1 unspecified atom stereocenters. The average Bonchev–Trinajstić information content (AvgIpc) is 2.36. The summed E-state index contributed by atoms with van der Waals surface area (Å²) in [5.74, 6) is -2.09. The number of carbonyl (C=O) groups excluding carboxylic acids is 1. The Morgan fingerprint density at radius 1 is 1.42 bits per heavy atom. The minimum atomic E-state index is -1.53. The van der Waals surface area contributed by atoms with Crippen molar-refractivity contribution in [1.82, 2.24) is 5.32 Å². The molecule has 0 aromatic heterocycles. The van der Waals surface area contributed by atoms with Crippen molar-refractivity contribution in [2.45, 2.75) is 10.9 Å². The summed E-state index contributed by atoms with van der Waals surface area (Å²) < 4.78 is 12.3. The third kappa shape index (κ3) is 5.26. The highest BCUT2D eigenvalue weighted by atomic mass is 35.5. The van der Waals surface area contributed by atoms with Gasteiger partial charge in [0.2, 0.25) is 5.91 Å². The highest BCUT2D eigenvalue weighted by Gasteiger charge is 2.19. The van der Waals surface area contributed by atoms with Crippen molar-refractivity contribution < 1.29 is 19.1 Å². The van der Waals surface area contributed by atoms with E-state index in [2.05, 4.69) is 5.32 Å². The zero-order valence-electron chi connectivity index (χ0n) is 9.53. The second kappa shape index (κ2) is 7.57. The molecule has 0 saturated carbocycles. The lowest BCUT2D eigenvalue weighted by atomic mass is 10.3. The molecular formula is C11H10Cl2FNO3S. The number of amides is 1. The summed E-state index contributed by atoms with van der Waals surface area (Å²) in [6, 6.07) is 3.26. The molecule has 0 aliphatic rings. The number of aliphatic carboxylic acids is 1. The quantitative estimate of drug-likeness (QED) is 0.789. The highest BCUT2D eigenvalue weighted by Crippen LogP contribution is 2.29. The smallest absolute Gasteiger partial charge is 0.328 e. The number of hydrogen-bond donors (Lipinski definition) is 2. The van der Waals surface area contributed by atoms with Crippen LogP contribution in [0.15, 0.2) is 23.1 Å². The zero-order chi connectivity index (χ0) is 14.4. The molecule has 0 saturated heterocycles. The summed E-state index contributed by atoms with van der Waals surface area (Å²) in [5.41, 5.74) is 0. The predicted octanol–water partition coefficient (Wildman–Crippen LogP) is 2.62. The first-order valence-corrected chi connectivity index (χ1v) is 6.84. The number of rotatable bonds is 6. The van der Waals surface area contributed by atoms with Gasteiger partial charge in [-0.3, -0.25) is 4.79 Å². The van der Waals surface area contributed by atoms with Crippen LogP contribution in [0, 0.1) is 0 Å². The fourth-order valence-corrected chi connectivity index (χ4v) is 2.44. The first kappa shape index (κ1) is 16.1. The van der Waals surface area contributed by atoms with Crippen LogP contribution in [-0.2, 0) is 9.59 Å². The number of thioether (sulfide) groups is 1. The molecule has 1 amide bonds. The van der Waals surface area contributed by atoms with Gasteiger partial charge < -0.3 is 10.4 Å². The molecule has 1 aromatic rings. The van der Waals surface area contributed by atoms with Crippen molar-refractivity contribution in [2.75, 3.05) is 12.4 Å². The van der Waals surface area contributed by atoms with E-state index in [-0.39, 0.29) is 5.75 Å². The van der Waals surface area contributed by atoms with Crippen LogP contribution in [-0.4, -0.2) is 35.5 Å². The molecule has 104 valence electrons. The molecule has 0 aliphatic carbocycles. The molecule has 0 radical (unpaired) electrons. The van der Waals surface area contributed by atoms with E-state index in [9.17, 15) is 14.0 Å². The summed E-state index contributed by atoms with van der Waals surface area (Å²) in [4.78, 5) is 22.6. The van der Waals surface area contributed by atoms with E-state index < -0.39 is 24.6 Å². The lowest BCUT2D eigenvalue weighted by Gasteiger charge is -2.10. The Morgan fingerprint density at radius 3 is 2.68 bits per heavy atom. The van der Waals surface area contributed by atoms with Gasteiger partial charge in [-0.1, -0.05) is 23.2 Å². The van der Waals surface area contributed by atoms with E-state index in [4.69, 9.17) is 28.3 Å². The van der Waals surface area contributed by atoms with Crippen molar-refractivity contribution >= 4 is 46.8 Å². The summed E-state index contributed by atoms with van der Waals surface area (Å²) in [5, 5.41) is 11.6. The minimum Gasteiger partial charge on any atom is -0.480 e. The number of carbonyl (C=O) groups is 2. The molecule has 0 heterocycles. The molecule has 19 heavy (non-hydrogen) atoms. The highest BCUT2D eigenvalue weighted by molar-refractivity contribution is 8.00. The molecule has 2 N–H and O–H groups in total. The Morgan fingerprint density at radius 2 is 2.11 bits per heavy atom. The molecule has 0 aliphatic heterocycles. The van der Waals surface area contributed by atoms with Crippen molar-refractivity contribution in [1.29, 1.82) is 0 Å². The van der Waals surface area contributed by atoms with Crippen LogP contribution >= 0.6 is 35.0 Å². The third-order valence-electron chi connectivity index (χ3n) is 2.04. The standard InChI is InChI=1S/C11H10Cl2FNO3S/c12-6-1-2-7(13)9(3-6)19-5-10(16)15-8(4-14)11(17)18/h1-3,8H,4-5H2,(H,15,16)(H,17,18). The maximum Gasteiger partial charge on any atom is 0.328 e. The average molecular weight is 326 g/mol. The Balaban J connectivity index is 2.54. The van der Waals surface area contributed by atoms with Gasteiger partial charge in [-0.05, 0) is 18.2 Å². The molecule has 1 aromatic carbocycles. The fourth-order valence-electron chi connectivity index (χ4n) is 1.13. The van der Waals surface area contributed by atoms with Gasteiger partial charge in [0.15, 0.2) is 6.04 Å². The molecule has 0 bridgehead atoms. The van der Waals surface area contributed by atoms with Crippen LogP contribution in [0.2, 0.25) is 10.0 Å². The third-order valence-corrected chi connectivity index (χ3v) is 3.77. The van der Waals surface area contributed by atoms with Crippen molar-refractivity contribution in [3.63, 3.8) is 0 Å². The number of carboxylic acid groups (broad SMARTS) is 1. The molecule has 4 nitrogen and oxygen atoms in total. The second-order valence-corrected chi connectivity index (χ2v) is 5.34. The van der Waals surface area contributed by atoms with Gasteiger partial charge >= 0.3 is 5.97 Å². The van der Waals surface area contributed by atoms with Gasteiger partial charge in [-0.2, -0.15) is 0 Å². The number of hydrogen-bond acceptors (Lipinski definition) is 3. The predicted molar refractivity (Wildman–Crippen MR) is 72.7 cm³/mol. The lowest BCUT2D eigenvalue weighted by molar-refractivity contribution is -0.141. The summed E-state index contributed by atoms with van der Waals surface area (Å²) in [6.45, 7) is -1.16. The van der Waals surface area contributed by atoms with E-state index in [0.29, 0.717) is 14.9 Å². The fraction of sp³-hybridized carbons (Fsp3) is 0.273. The first-order valence-electron chi connectivity index (χ1n) is 5.10. The molecule has 8 heteroatoms. The van der Waals surface area contributed by atoms with Gasteiger partial charge in [0, 0.05) is 9.92 Å². The SMILES string of the molecule is O=C(CSc1cc(Cl)ccc1Cl)NC(CF)C(=O)O. The zero-order valence-corrected chi connectivity index (χ0v) is 11.9. The molecule has 1 atom stereocenters. The molecule has 1 rings (SSSR count). The van der Waals surface area contributed by atoms with E-state index >= 15 is 0 Å². The van der Waals surface area contributed by atoms with Gasteiger partial charge in [-0.25, -0.2) is 9.18 Å². The first-order chi connectivity index (χ1) is 8.93. The van der Waals surface area contributed by atoms with E-state index in [1.54, 1.807) is 18.2 Å². The van der Waals surface area contributed by atoms with E-state index in [0.717, 1.165) is 11.8 Å². The topological polar surface area (TPSA) is 66.4 Å². The summed E-state index contributed by atoms with van der Waals surface area (Å²) in [7, 11) is 0. The van der Waals surface area contributed by atoms with Gasteiger partial charge in [0.25, 0.3) is 0 Å². The van der Waals surface area contributed by atoms with Crippen LogP contribution in [0.1, 0.15) is 0 Å². The maximum absolute atomic E-state index is 12.3. The number of nitrogens with one attached hydrogen (secondary N) is 1. The normalized spacial score (nSPS) is 11.9. The van der Waals surface area contributed by atoms with Crippen molar-refractivity contribution in [3.05, 3.63) is 28.2 Å². The van der Waals surface area contributed by atoms with Crippen LogP contribution in [0.3, 0.4) is 0 Å². The van der Waals surface area contributed by atoms with Crippen LogP contribution in [0.5, 0.6) is 0 Å². The minimum absolute atomic E-state index is 0.0795. The number of alkyl halides is 1. The van der Waals surface area contributed by atoms with Gasteiger partial charge in [0.05, 0.1) is 10.8 Å². The van der Waals surface area contributed by atoms with E-state index in [1.165, 1.54) is 0 Å². The van der Waals surface area contributed by atoms with Gasteiger partial charge in [-0.15, -0.1) is 11.8 Å². The van der Waals surface area contributed by atoms with Gasteiger partial charge in [0.1, 0.15) is 6.67 Å². The van der Waals surface area contributed by atoms with Crippen molar-refractivity contribution in [3.8, 4) is 0 Å². The van der Waals surface area contributed by atoms with Crippen LogP contribution in [0.4, 0.5) is 4.39 Å². The van der Waals surface area contributed by atoms with Crippen LogP contribution in [0.25, 0.3) is 0 Å². The largest absolute Gasteiger partial charge is 0.480 e. The molecular weight excluding hydrogens is 316 g/mol. The monoisotopic (exact) mass is 325 g/mol. The molecule has 0 fully saturated rings. The Kier molecular flexibility index (Phi) is 6.41. The number of benzene rings is 1.